The van der Waals surface area contributed by atoms with E-state index >= 15 is 0 Å². The molecule has 7 heteroatoms. The van der Waals surface area contributed by atoms with E-state index in [1.807, 2.05) is 6.92 Å². The zero-order valence-corrected chi connectivity index (χ0v) is 11.5. The van der Waals surface area contributed by atoms with Crippen molar-refractivity contribution in [3.05, 3.63) is 17.6 Å². The molecule has 0 amide bonds. The van der Waals surface area contributed by atoms with E-state index in [2.05, 4.69) is 19.4 Å². The number of carbonyl (C=O) groups is 2. The summed E-state index contributed by atoms with van der Waals surface area (Å²) in [6, 6.07) is 1.69. The highest BCUT2D eigenvalue weighted by molar-refractivity contribution is 5.80. The highest BCUT2D eigenvalue weighted by atomic mass is 16.5. The molecule has 0 bridgehead atoms. The van der Waals surface area contributed by atoms with Crippen LogP contribution in [0.15, 0.2) is 6.07 Å². The van der Waals surface area contributed by atoms with Crippen LogP contribution in [-0.4, -0.2) is 49.2 Å². The van der Waals surface area contributed by atoms with Gasteiger partial charge in [-0.05, 0) is 13.8 Å². The molecule has 1 aromatic rings. The molecule has 0 aliphatic heterocycles. The summed E-state index contributed by atoms with van der Waals surface area (Å²) in [6.45, 7) is 3.39. The molecule has 0 radical (unpaired) electrons. The average molecular weight is 267 g/mol. The Hall–Kier alpha value is -2.18. The fourth-order valence-corrected chi connectivity index (χ4v) is 1.52. The maximum atomic E-state index is 11.4. The maximum absolute atomic E-state index is 11.4. The molecule has 0 saturated carbocycles. The van der Waals surface area contributed by atoms with Crippen molar-refractivity contribution in [2.75, 3.05) is 32.2 Å². The van der Waals surface area contributed by atoms with Crippen molar-refractivity contribution in [3.8, 4) is 0 Å². The Labute approximate surface area is 111 Å². The van der Waals surface area contributed by atoms with E-state index in [0.29, 0.717) is 11.6 Å². The van der Waals surface area contributed by atoms with Gasteiger partial charge in [0, 0.05) is 11.8 Å². The van der Waals surface area contributed by atoms with E-state index in [9.17, 15) is 9.59 Å². The van der Waals surface area contributed by atoms with E-state index < -0.39 is 11.9 Å². The van der Waals surface area contributed by atoms with Crippen LogP contribution < -0.4 is 4.90 Å². The number of aromatic nitrogens is 2. The molecular formula is C12H17N3O4. The van der Waals surface area contributed by atoms with Gasteiger partial charge in [-0.1, -0.05) is 0 Å². The normalized spacial score (nSPS) is 9.89. The number of anilines is 1. The number of carbonyl (C=O) groups excluding carboxylic acids is 2. The van der Waals surface area contributed by atoms with Gasteiger partial charge >= 0.3 is 11.9 Å². The first-order valence-corrected chi connectivity index (χ1v) is 5.67. The maximum Gasteiger partial charge on any atom is 0.325 e. The first-order valence-electron chi connectivity index (χ1n) is 5.67. The van der Waals surface area contributed by atoms with E-state index in [0.717, 1.165) is 5.69 Å². The number of rotatable bonds is 5. The van der Waals surface area contributed by atoms with Crippen molar-refractivity contribution in [2.24, 2.45) is 0 Å². The van der Waals surface area contributed by atoms with Gasteiger partial charge in [0.15, 0.2) is 0 Å². The standard InChI is InChI=1S/C12H17N3O4/c1-8-5-10(14-9(2)13-8)15(6-11(16)18-3)7-12(17)19-4/h5H,6-7H2,1-4H3. The number of esters is 2. The minimum absolute atomic E-state index is 0.0819. The highest BCUT2D eigenvalue weighted by Gasteiger charge is 2.18. The fraction of sp³-hybridized carbons (Fsp3) is 0.500. The Morgan fingerprint density at radius 1 is 1.11 bits per heavy atom. The van der Waals surface area contributed by atoms with Crippen LogP contribution in [0.1, 0.15) is 11.5 Å². The lowest BCUT2D eigenvalue weighted by molar-refractivity contribution is -0.140. The number of aryl methyl sites for hydroxylation is 2. The molecule has 1 rings (SSSR count). The van der Waals surface area contributed by atoms with Gasteiger partial charge in [-0.15, -0.1) is 0 Å². The SMILES string of the molecule is COC(=O)CN(CC(=O)OC)c1cc(C)nc(C)n1. The second-order valence-electron chi connectivity index (χ2n) is 3.92. The molecule has 0 fully saturated rings. The molecule has 104 valence electrons. The van der Waals surface area contributed by atoms with Crippen LogP contribution in [0.5, 0.6) is 0 Å². The lowest BCUT2D eigenvalue weighted by atomic mass is 10.3. The molecule has 19 heavy (non-hydrogen) atoms. The molecule has 7 nitrogen and oxygen atoms in total. The summed E-state index contributed by atoms with van der Waals surface area (Å²) in [6.07, 6.45) is 0. The predicted molar refractivity (Wildman–Crippen MR) is 67.8 cm³/mol. The molecule has 0 saturated heterocycles. The highest BCUT2D eigenvalue weighted by Crippen LogP contribution is 2.12. The summed E-state index contributed by atoms with van der Waals surface area (Å²) in [5.41, 5.74) is 0.752. The molecule has 0 aliphatic rings. The number of hydrogen-bond donors (Lipinski definition) is 0. The van der Waals surface area contributed by atoms with Gasteiger partial charge in [-0.25, -0.2) is 9.97 Å². The topological polar surface area (TPSA) is 81.6 Å². The predicted octanol–water partition coefficient (Wildman–Crippen LogP) is 0.246. The van der Waals surface area contributed by atoms with Crippen molar-refractivity contribution in [1.29, 1.82) is 0 Å². The third-order valence-electron chi connectivity index (χ3n) is 2.37. The van der Waals surface area contributed by atoms with Crippen LogP contribution >= 0.6 is 0 Å². The zero-order valence-electron chi connectivity index (χ0n) is 11.5. The van der Waals surface area contributed by atoms with Crippen LogP contribution in [0.25, 0.3) is 0 Å². The molecule has 1 heterocycles. The Bertz CT molecular complexity index is 438. The van der Waals surface area contributed by atoms with E-state index in [1.54, 1.807) is 13.0 Å². The second kappa shape index (κ2) is 6.67. The van der Waals surface area contributed by atoms with Gasteiger partial charge in [0.25, 0.3) is 0 Å². The number of nitrogens with zero attached hydrogens (tertiary/aromatic N) is 3. The molecule has 0 unspecified atom stereocenters. The monoisotopic (exact) mass is 267 g/mol. The Morgan fingerprint density at radius 3 is 2.05 bits per heavy atom. The molecule has 0 atom stereocenters. The number of methoxy groups -OCH3 is 2. The van der Waals surface area contributed by atoms with Crippen molar-refractivity contribution in [2.45, 2.75) is 13.8 Å². The van der Waals surface area contributed by atoms with Crippen molar-refractivity contribution < 1.29 is 19.1 Å². The summed E-state index contributed by atoms with van der Waals surface area (Å²) < 4.78 is 9.20. The van der Waals surface area contributed by atoms with Crippen LogP contribution in [-0.2, 0) is 19.1 Å². The first kappa shape index (κ1) is 14.9. The minimum atomic E-state index is -0.460. The number of ether oxygens (including phenoxy) is 2. The van der Waals surface area contributed by atoms with Crippen LogP contribution in [0.3, 0.4) is 0 Å². The van der Waals surface area contributed by atoms with Crippen molar-refractivity contribution in [3.63, 3.8) is 0 Å². The van der Waals surface area contributed by atoms with Crippen LogP contribution in [0.4, 0.5) is 5.82 Å². The van der Waals surface area contributed by atoms with E-state index in [-0.39, 0.29) is 13.1 Å². The fourth-order valence-electron chi connectivity index (χ4n) is 1.52. The molecule has 0 N–H and O–H groups in total. The molecule has 0 aromatic carbocycles. The largest absolute Gasteiger partial charge is 0.468 e. The van der Waals surface area contributed by atoms with Gasteiger partial charge in [0.1, 0.15) is 24.7 Å². The number of hydrogen-bond acceptors (Lipinski definition) is 7. The van der Waals surface area contributed by atoms with Gasteiger partial charge in [-0.2, -0.15) is 0 Å². The lowest BCUT2D eigenvalue weighted by Crippen LogP contribution is -2.36. The summed E-state index contributed by atoms with van der Waals surface area (Å²) in [4.78, 5) is 32.6. The van der Waals surface area contributed by atoms with E-state index in [1.165, 1.54) is 19.1 Å². The third-order valence-corrected chi connectivity index (χ3v) is 2.37. The average Bonchev–Trinajstić information content (AvgIpc) is 2.36. The summed E-state index contributed by atoms with van der Waals surface area (Å²) in [5.74, 6) is 0.131. The van der Waals surface area contributed by atoms with Gasteiger partial charge < -0.3 is 14.4 Å². The van der Waals surface area contributed by atoms with E-state index in [4.69, 9.17) is 0 Å². The van der Waals surface area contributed by atoms with Crippen molar-refractivity contribution >= 4 is 17.8 Å². The lowest BCUT2D eigenvalue weighted by Gasteiger charge is -2.21. The van der Waals surface area contributed by atoms with Gasteiger partial charge in [0.05, 0.1) is 14.2 Å². The van der Waals surface area contributed by atoms with Gasteiger partial charge in [-0.3, -0.25) is 9.59 Å². The first-order chi connectivity index (χ1) is 8.96. The Morgan fingerprint density at radius 2 is 1.63 bits per heavy atom. The quantitative estimate of drug-likeness (QED) is 0.707. The van der Waals surface area contributed by atoms with Crippen molar-refractivity contribution in [1.82, 2.24) is 9.97 Å². The summed E-state index contributed by atoms with van der Waals surface area (Å²) in [5, 5.41) is 0. The smallest absolute Gasteiger partial charge is 0.325 e. The zero-order chi connectivity index (χ0) is 14.4. The summed E-state index contributed by atoms with van der Waals surface area (Å²) >= 11 is 0. The summed E-state index contributed by atoms with van der Waals surface area (Å²) in [7, 11) is 2.57. The second-order valence-corrected chi connectivity index (χ2v) is 3.92. The Balaban J connectivity index is 2.99. The molecular weight excluding hydrogens is 250 g/mol. The Kier molecular flexibility index (Phi) is 5.23. The van der Waals surface area contributed by atoms with Gasteiger partial charge in [0.2, 0.25) is 0 Å². The molecule has 0 spiro atoms. The molecule has 0 aliphatic carbocycles. The van der Waals surface area contributed by atoms with Crippen LogP contribution in [0.2, 0.25) is 0 Å². The molecule has 1 aromatic heterocycles. The van der Waals surface area contributed by atoms with Crippen LogP contribution in [0, 0.1) is 13.8 Å². The minimum Gasteiger partial charge on any atom is -0.468 e. The third kappa shape index (κ3) is 4.53.